The SMILES string of the molecule is CN[C@H](C(=O)N[C@H](C(=O)N(C)[C@H](CN1CCC[C@H]1C(=O)OC)C(C)C)C(C)(C)C)C(C)(C)c1ccccc1. The third-order valence-corrected chi connectivity index (χ3v) is 8.06. The Bertz CT molecular complexity index is 941. The molecular weight excluding hydrogens is 480 g/mol. The van der Waals surface area contributed by atoms with E-state index in [1.54, 1.807) is 11.9 Å². The van der Waals surface area contributed by atoms with Gasteiger partial charge in [0.05, 0.1) is 13.2 Å². The first kappa shape index (κ1) is 31.8. The van der Waals surface area contributed by atoms with E-state index in [4.69, 9.17) is 4.74 Å². The lowest BCUT2D eigenvalue weighted by atomic mass is 9.76. The fraction of sp³-hybridized carbons (Fsp3) is 0.700. The van der Waals surface area contributed by atoms with Crippen molar-refractivity contribution in [2.45, 2.75) is 90.9 Å². The molecule has 1 saturated heterocycles. The van der Waals surface area contributed by atoms with E-state index in [2.05, 4.69) is 29.4 Å². The molecule has 0 aromatic heterocycles. The van der Waals surface area contributed by atoms with Crippen molar-refractivity contribution in [3.05, 3.63) is 35.9 Å². The molecule has 1 aromatic rings. The molecule has 1 aliphatic heterocycles. The number of methoxy groups -OCH3 is 1. The van der Waals surface area contributed by atoms with E-state index in [0.717, 1.165) is 24.9 Å². The van der Waals surface area contributed by atoms with Gasteiger partial charge in [-0.05, 0) is 43.3 Å². The number of benzene rings is 1. The van der Waals surface area contributed by atoms with Crippen LogP contribution in [0.1, 0.15) is 66.9 Å². The average Bonchev–Trinajstić information content (AvgIpc) is 3.32. The summed E-state index contributed by atoms with van der Waals surface area (Å²) in [5.41, 5.74) is 0.0205. The predicted octanol–water partition coefficient (Wildman–Crippen LogP) is 3.20. The molecule has 8 nitrogen and oxygen atoms in total. The molecule has 2 N–H and O–H groups in total. The maximum absolute atomic E-state index is 14.0. The molecule has 0 spiro atoms. The van der Waals surface area contributed by atoms with Crippen LogP contribution in [0.4, 0.5) is 0 Å². The van der Waals surface area contributed by atoms with Gasteiger partial charge in [0.25, 0.3) is 0 Å². The van der Waals surface area contributed by atoms with Crippen molar-refractivity contribution in [3.63, 3.8) is 0 Å². The number of likely N-dealkylation sites (N-methyl/N-ethyl adjacent to an activating group) is 2. The van der Waals surface area contributed by atoms with Gasteiger partial charge in [-0.3, -0.25) is 19.3 Å². The molecule has 0 unspecified atom stereocenters. The fourth-order valence-electron chi connectivity index (χ4n) is 5.56. The van der Waals surface area contributed by atoms with Crippen LogP contribution in [0, 0.1) is 11.3 Å². The second-order valence-corrected chi connectivity index (χ2v) is 12.6. The minimum atomic E-state index is -0.723. The van der Waals surface area contributed by atoms with Crippen molar-refractivity contribution < 1.29 is 19.1 Å². The molecule has 0 saturated carbocycles. The Morgan fingerprint density at radius 1 is 1.08 bits per heavy atom. The molecule has 2 amide bonds. The minimum Gasteiger partial charge on any atom is -0.468 e. The Morgan fingerprint density at radius 2 is 1.68 bits per heavy atom. The molecule has 1 heterocycles. The second-order valence-electron chi connectivity index (χ2n) is 12.6. The fourth-order valence-corrected chi connectivity index (χ4v) is 5.56. The maximum Gasteiger partial charge on any atom is 0.323 e. The van der Waals surface area contributed by atoms with E-state index in [1.807, 2.05) is 72.0 Å². The molecule has 1 aliphatic rings. The predicted molar refractivity (Wildman–Crippen MR) is 152 cm³/mol. The van der Waals surface area contributed by atoms with Crippen LogP contribution in [0.2, 0.25) is 0 Å². The van der Waals surface area contributed by atoms with Gasteiger partial charge in [0.1, 0.15) is 12.1 Å². The Hall–Kier alpha value is -2.45. The molecular formula is C30H50N4O4. The summed E-state index contributed by atoms with van der Waals surface area (Å²) in [5.74, 6) is -0.417. The molecule has 214 valence electrons. The van der Waals surface area contributed by atoms with Crippen LogP contribution >= 0.6 is 0 Å². The van der Waals surface area contributed by atoms with Gasteiger partial charge < -0.3 is 20.3 Å². The van der Waals surface area contributed by atoms with E-state index < -0.39 is 22.9 Å². The average molecular weight is 531 g/mol. The van der Waals surface area contributed by atoms with Gasteiger partial charge in [-0.15, -0.1) is 0 Å². The smallest absolute Gasteiger partial charge is 0.323 e. The topological polar surface area (TPSA) is 91.0 Å². The number of likely N-dealkylation sites (tertiary alicyclic amines) is 1. The van der Waals surface area contributed by atoms with E-state index in [0.29, 0.717) is 6.54 Å². The first-order valence-corrected chi connectivity index (χ1v) is 13.8. The number of rotatable bonds is 11. The number of amides is 2. The summed E-state index contributed by atoms with van der Waals surface area (Å²) in [5, 5.41) is 6.30. The van der Waals surface area contributed by atoms with Gasteiger partial charge in [-0.2, -0.15) is 0 Å². The minimum absolute atomic E-state index is 0.129. The summed E-state index contributed by atoms with van der Waals surface area (Å²) in [6.07, 6.45) is 1.68. The molecule has 2 rings (SSSR count). The van der Waals surface area contributed by atoms with Crippen molar-refractivity contribution in [1.29, 1.82) is 0 Å². The number of ether oxygens (including phenoxy) is 1. The zero-order valence-corrected chi connectivity index (χ0v) is 25.1. The number of esters is 1. The summed E-state index contributed by atoms with van der Waals surface area (Å²) >= 11 is 0. The molecule has 8 heteroatoms. The molecule has 1 fully saturated rings. The summed E-state index contributed by atoms with van der Waals surface area (Å²) in [4.78, 5) is 44.0. The van der Waals surface area contributed by atoms with Gasteiger partial charge >= 0.3 is 5.97 Å². The van der Waals surface area contributed by atoms with E-state index in [1.165, 1.54) is 7.11 Å². The molecule has 0 aliphatic carbocycles. The number of hydrogen-bond donors (Lipinski definition) is 2. The molecule has 1 aromatic carbocycles. The van der Waals surface area contributed by atoms with Crippen LogP contribution in [0.15, 0.2) is 30.3 Å². The van der Waals surface area contributed by atoms with E-state index >= 15 is 0 Å². The zero-order valence-electron chi connectivity index (χ0n) is 25.1. The normalized spacial score (nSPS) is 19.1. The van der Waals surface area contributed by atoms with Gasteiger partial charge in [0.15, 0.2) is 0 Å². The Kier molecular flexibility index (Phi) is 10.9. The second kappa shape index (κ2) is 13.1. The van der Waals surface area contributed by atoms with Crippen LogP contribution in [-0.4, -0.2) is 86.0 Å². The lowest BCUT2D eigenvalue weighted by molar-refractivity contribution is -0.146. The number of hydrogen-bond acceptors (Lipinski definition) is 6. The van der Waals surface area contributed by atoms with Crippen molar-refractivity contribution in [1.82, 2.24) is 20.4 Å². The third kappa shape index (κ3) is 7.35. The highest BCUT2D eigenvalue weighted by molar-refractivity contribution is 5.91. The quantitative estimate of drug-likeness (QED) is 0.427. The van der Waals surface area contributed by atoms with Crippen LogP contribution in [0.3, 0.4) is 0 Å². The third-order valence-electron chi connectivity index (χ3n) is 8.06. The highest BCUT2D eigenvalue weighted by atomic mass is 16.5. The Morgan fingerprint density at radius 3 is 2.18 bits per heavy atom. The largest absolute Gasteiger partial charge is 0.468 e. The summed E-state index contributed by atoms with van der Waals surface area (Å²) in [7, 11) is 5.00. The number of carbonyl (C=O) groups is 3. The number of nitrogens with zero attached hydrogens (tertiary/aromatic N) is 2. The number of carbonyl (C=O) groups excluding carboxylic acids is 3. The highest BCUT2D eigenvalue weighted by Gasteiger charge is 2.42. The molecule has 38 heavy (non-hydrogen) atoms. The van der Waals surface area contributed by atoms with Gasteiger partial charge in [0.2, 0.25) is 11.8 Å². The lowest BCUT2D eigenvalue weighted by Gasteiger charge is -2.41. The Labute approximate surface area is 229 Å². The first-order valence-electron chi connectivity index (χ1n) is 13.8. The Balaban J connectivity index is 2.28. The van der Waals surface area contributed by atoms with Crippen LogP contribution in [0.5, 0.6) is 0 Å². The zero-order chi connectivity index (χ0) is 28.8. The van der Waals surface area contributed by atoms with Crippen LogP contribution in [-0.2, 0) is 24.5 Å². The van der Waals surface area contributed by atoms with Gasteiger partial charge in [0, 0.05) is 25.0 Å². The molecule has 0 bridgehead atoms. The van der Waals surface area contributed by atoms with Crippen molar-refractivity contribution in [2.75, 3.05) is 34.3 Å². The highest BCUT2D eigenvalue weighted by Crippen LogP contribution is 2.29. The molecule has 4 atom stereocenters. The monoisotopic (exact) mass is 530 g/mol. The summed E-state index contributed by atoms with van der Waals surface area (Å²) in [6, 6.07) is 8.26. The van der Waals surface area contributed by atoms with Gasteiger partial charge in [-0.25, -0.2) is 0 Å². The summed E-state index contributed by atoms with van der Waals surface area (Å²) < 4.78 is 5.02. The van der Waals surface area contributed by atoms with Crippen LogP contribution in [0.25, 0.3) is 0 Å². The standard InChI is InChI=1S/C30H50N4O4/c1-20(2)23(19-34-18-14-17-22(34)28(37)38-10)33(9)27(36)25(29(3,4)5)32-26(35)24(31-8)30(6,7)21-15-12-11-13-16-21/h11-13,15-16,20,22-25,31H,14,17-19H2,1-10H3,(H,32,35)/t22-,23+,24+,25+/m0/s1. The van der Waals surface area contributed by atoms with Crippen LogP contribution < -0.4 is 10.6 Å². The molecule has 0 radical (unpaired) electrons. The maximum atomic E-state index is 14.0. The summed E-state index contributed by atoms with van der Waals surface area (Å²) in [6.45, 7) is 15.5. The van der Waals surface area contributed by atoms with E-state index in [9.17, 15) is 14.4 Å². The van der Waals surface area contributed by atoms with Crippen molar-refractivity contribution in [3.8, 4) is 0 Å². The van der Waals surface area contributed by atoms with E-state index in [-0.39, 0.29) is 35.8 Å². The van der Waals surface area contributed by atoms with Gasteiger partial charge in [-0.1, -0.05) is 78.8 Å². The van der Waals surface area contributed by atoms with Crippen molar-refractivity contribution in [2.24, 2.45) is 11.3 Å². The lowest BCUT2D eigenvalue weighted by Crippen LogP contribution is -2.62. The van der Waals surface area contributed by atoms with Crippen molar-refractivity contribution >= 4 is 17.8 Å². The first-order chi connectivity index (χ1) is 17.7. The number of nitrogens with one attached hydrogen (secondary N) is 2.